The van der Waals surface area contributed by atoms with Crippen LogP contribution in [0.15, 0.2) is 29.4 Å². The van der Waals surface area contributed by atoms with Crippen LogP contribution in [0.1, 0.15) is 12.5 Å². The third-order valence-corrected chi connectivity index (χ3v) is 2.59. The molecule has 0 aliphatic carbocycles. The molecule has 6 heteroatoms. The Balaban J connectivity index is 2.16. The lowest BCUT2D eigenvalue weighted by Crippen LogP contribution is -2.32. The van der Waals surface area contributed by atoms with E-state index < -0.39 is 17.8 Å². The van der Waals surface area contributed by atoms with Gasteiger partial charge in [-0.2, -0.15) is 15.4 Å². The van der Waals surface area contributed by atoms with Crippen molar-refractivity contribution in [3.8, 4) is 6.07 Å². The molecule has 1 atom stereocenters. The first kappa shape index (κ1) is 12.8. The van der Waals surface area contributed by atoms with E-state index in [0.717, 1.165) is 5.01 Å². The maximum absolute atomic E-state index is 12.0. The van der Waals surface area contributed by atoms with Crippen molar-refractivity contribution in [1.82, 2.24) is 0 Å². The average Bonchev–Trinajstić information content (AvgIpc) is 2.81. The lowest BCUT2D eigenvalue weighted by Gasteiger charge is -2.13. The van der Waals surface area contributed by atoms with E-state index in [1.165, 1.54) is 6.21 Å². The minimum absolute atomic E-state index is 0.216. The Morgan fingerprint density at radius 3 is 2.74 bits per heavy atom. The summed E-state index contributed by atoms with van der Waals surface area (Å²) in [5.74, 6) is -2.05. The van der Waals surface area contributed by atoms with Crippen LogP contribution >= 0.6 is 0 Å². The third-order valence-electron chi connectivity index (χ3n) is 2.59. The zero-order chi connectivity index (χ0) is 13.8. The van der Waals surface area contributed by atoms with E-state index >= 15 is 0 Å². The second-order valence-corrected chi connectivity index (χ2v) is 3.80. The average molecular weight is 257 g/mol. The van der Waals surface area contributed by atoms with Crippen LogP contribution in [0.4, 0.5) is 5.69 Å². The molecule has 6 nitrogen and oxygen atoms in total. The van der Waals surface area contributed by atoms with E-state index in [2.05, 4.69) is 5.10 Å². The van der Waals surface area contributed by atoms with Crippen LogP contribution < -0.4 is 5.01 Å². The van der Waals surface area contributed by atoms with Crippen molar-refractivity contribution in [2.24, 2.45) is 11.0 Å². The molecule has 2 rings (SSSR count). The van der Waals surface area contributed by atoms with E-state index in [1.807, 2.05) is 6.07 Å². The molecule has 0 fully saturated rings. The zero-order valence-corrected chi connectivity index (χ0v) is 10.2. The van der Waals surface area contributed by atoms with E-state index in [-0.39, 0.29) is 6.61 Å². The Morgan fingerprint density at radius 2 is 2.16 bits per heavy atom. The summed E-state index contributed by atoms with van der Waals surface area (Å²) in [6, 6.07) is 8.34. The molecule has 1 aliphatic heterocycles. The molecule has 96 valence electrons. The minimum Gasteiger partial charge on any atom is -0.465 e. The van der Waals surface area contributed by atoms with E-state index in [9.17, 15) is 9.59 Å². The predicted molar refractivity (Wildman–Crippen MR) is 67.3 cm³/mol. The van der Waals surface area contributed by atoms with Gasteiger partial charge >= 0.3 is 5.97 Å². The molecule has 0 saturated heterocycles. The molecule has 0 bridgehead atoms. The van der Waals surface area contributed by atoms with Crippen LogP contribution in [0.2, 0.25) is 0 Å². The summed E-state index contributed by atoms with van der Waals surface area (Å²) in [7, 11) is 0. The van der Waals surface area contributed by atoms with Gasteiger partial charge in [-0.25, -0.2) is 0 Å². The SMILES string of the molecule is CCOC(=O)C1C=NN(c2ccc(C#N)cc2)C1=O. The fourth-order valence-corrected chi connectivity index (χ4v) is 1.65. The molecule has 0 aromatic heterocycles. The summed E-state index contributed by atoms with van der Waals surface area (Å²) in [5.41, 5.74) is 0.994. The Hall–Kier alpha value is -2.68. The smallest absolute Gasteiger partial charge is 0.324 e. The highest BCUT2D eigenvalue weighted by atomic mass is 16.5. The summed E-state index contributed by atoms with van der Waals surface area (Å²) in [4.78, 5) is 23.5. The van der Waals surface area contributed by atoms with Gasteiger partial charge in [0, 0.05) is 6.21 Å². The Morgan fingerprint density at radius 1 is 1.47 bits per heavy atom. The summed E-state index contributed by atoms with van der Waals surface area (Å²) >= 11 is 0. The fraction of sp³-hybridized carbons (Fsp3) is 0.231. The van der Waals surface area contributed by atoms with Crippen LogP contribution in [0, 0.1) is 17.2 Å². The number of benzene rings is 1. The summed E-state index contributed by atoms with van der Waals surface area (Å²) in [5, 5.41) is 13.7. The first-order valence-corrected chi connectivity index (χ1v) is 5.72. The van der Waals surface area contributed by atoms with Crippen LogP contribution in [-0.4, -0.2) is 24.7 Å². The number of hydrogen-bond donors (Lipinski definition) is 0. The highest BCUT2D eigenvalue weighted by Gasteiger charge is 2.36. The molecule has 0 radical (unpaired) electrons. The normalized spacial score (nSPS) is 17.4. The summed E-state index contributed by atoms with van der Waals surface area (Å²) < 4.78 is 4.80. The van der Waals surface area contributed by atoms with Gasteiger partial charge in [0.25, 0.3) is 5.91 Å². The molecule has 1 aromatic carbocycles. The Labute approximate surface area is 109 Å². The molecule has 1 aromatic rings. The quantitative estimate of drug-likeness (QED) is 0.599. The van der Waals surface area contributed by atoms with Gasteiger partial charge in [0.15, 0.2) is 5.92 Å². The van der Waals surface area contributed by atoms with E-state index in [4.69, 9.17) is 10.00 Å². The van der Waals surface area contributed by atoms with Crippen molar-refractivity contribution < 1.29 is 14.3 Å². The van der Waals surface area contributed by atoms with Crippen molar-refractivity contribution in [1.29, 1.82) is 5.26 Å². The van der Waals surface area contributed by atoms with Gasteiger partial charge < -0.3 is 4.74 Å². The summed E-state index contributed by atoms with van der Waals surface area (Å²) in [6.45, 7) is 1.89. The topological polar surface area (TPSA) is 82.8 Å². The number of ether oxygens (including phenoxy) is 1. The van der Waals surface area contributed by atoms with Gasteiger partial charge in [-0.05, 0) is 31.2 Å². The molecule has 0 saturated carbocycles. The molecule has 1 heterocycles. The van der Waals surface area contributed by atoms with Crippen molar-refractivity contribution >= 4 is 23.8 Å². The largest absolute Gasteiger partial charge is 0.465 e. The number of amides is 1. The first-order valence-electron chi connectivity index (χ1n) is 5.72. The molecule has 1 aliphatic rings. The summed E-state index contributed by atoms with van der Waals surface area (Å²) in [6.07, 6.45) is 1.26. The Kier molecular flexibility index (Phi) is 3.57. The number of hydrazone groups is 1. The minimum atomic E-state index is -0.990. The van der Waals surface area contributed by atoms with Gasteiger partial charge in [0.1, 0.15) is 0 Å². The monoisotopic (exact) mass is 257 g/mol. The zero-order valence-electron chi connectivity index (χ0n) is 10.2. The molecule has 19 heavy (non-hydrogen) atoms. The first-order chi connectivity index (χ1) is 9.17. The predicted octanol–water partition coefficient (Wildman–Crippen LogP) is 1.07. The van der Waals surface area contributed by atoms with Crippen molar-refractivity contribution in [2.45, 2.75) is 6.92 Å². The van der Waals surface area contributed by atoms with Crippen LogP contribution in [-0.2, 0) is 14.3 Å². The van der Waals surface area contributed by atoms with Gasteiger partial charge in [-0.3, -0.25) is 9.59 Å². The molecule has 0 N–H and O–H groups in total. The van der Waals surface area contributed by atoms with E-state index in [1.54, 1.807) is 31.2 Å². The van der Waals surface area contributed by atoms with Crippen molar-refractivity contribution in [2.75, 3.05) is 11.6 Å². The second kappa shape index (κ2) is 5.31. The second-order valence-electron chi connectivity index (χ2n) is 3.80. The molecule has 1 amide bonds. The van der Waals surface area contributed by atoms with Gasteiger partial charge in [-0.1, -0.05) is 0 Å². The Bertz CT molecular complexity index is 572. The van der Waals surface area contributed by atoms with Crippen LogP contribution in [0.5, 0.6) is 0 Å². The van der Waals surface area contributed by atoms with Crippen LogP contribution in [0.25, 0.3) is 0 Å². The number of esters is 1. The molecular weight excluding hydrogens is 246 g/mol. The lowest BCUT2D eigenvalue weighted by atomic mass is 10.1. The molecule has 1 unspecified atom stereocenters. The number of rotatable bonds is 3. The van der Waals surface area contributed by atoms with Gasteiger partial charge in [-0.15, -0.1) is 0 Å². The van der Waals surface area contributed by atoms with Gasteiger partial charge in [0.05, 0.1) is 23.9 Å². The number of carbonyl (C=O) groups excluding carboxylic acids is 2. The van der Waals surface area contributed by atoms with Crippen molar-refractivity contribution in [3.05, 3.63) is 29.8 Å². The number of nitrogens with zero attached hydrogens (tertiary/aromatic N) is 3. The van der Waals surface area contributed by atoms with Gasteiger partial charge in [0.2, 0.25) is 0 Å². The maximum Gasteiger partial charge on any atom is 0.324 e. The van der Waals surface area contributed by atoms with E-state index in [0.29, 0.717) is 11.3 Å². The van der Waals surface area contributed by atoms with Crippen LogP contribution in [0.3, 0.4) is 0 Å². The third kappa shape index (κ3) is 2.45. The highest BCUT2D eigenvalue weighted by Crippen LogP contribution is 2.22. The maximum atomic E-state index is 12.0. The lowest BCUT2D eigenvalue weighted by molar-refractivity contribution is -0.147. The number of carbonyl (C=O) groups is 2. The standard InChI is InChI=1S/C13H11N3O3/c1-2-19-13(18)11-8-15-16(12(11)17)10-5-3-9(7-14)4-6-10/h3-6,8,11H,2H2,1H3. The number of nitriles is 1. The highest BCUT2D eigenvalue weighted by molar-refractivity contribution is 6.19. The fourth-order valence-electron chi connectivity index (χ4n) is 1.65. The molecular formula is C13H11N3O3. The number of anilines is 1. The number of hydrogen-bond acceptors (Lipinski definition) is 5. The molecule has 0 spiro atoms. The van der Waals surface area contributed by atoms with Crippen molar-refractivity contribution in [3.63, 3.8) is 0 Å².